The Morgan fingerprint density at radius 2 is 1.96 bits per heavy atom. The topological polar surface area (TPSA) is 62.4 Å². The molecule has 2 aromatic carbocycles. The first-order valence-electron chi connectivity index (χ1n) is 8.15. The lowest BCUT2D eigenvalue weighted by atomic mass is 10.1. The molecule has 0 aliphatic heterocycles. The number of methoxy groups -OCH3 is 1. The highest BCUT2D eigenvalue weighted by Gasteiger charge is 2.12. The number of hydrogen-bond donors (Lipinski definition) is 3. The van der Waals surface area contributed by atoms with Gasteiger partial charge in [0, 0.05) is 24.3 Å². The van der Waals surface area contributed by atoms with Crippen molar-refractivity contribution >= 4 is 17.3 Å². The third-order valence-corrected chi connectivity index (χ3v) is 3.64. The lowest BCUT2D eigenvalue weighted by Gasteiger charge is -2.15. The number of hydrogen-bond acceptors (Lipinski definition) is 4. The zero-order valence-electron chi connectivity index (χ0n) is 14.4. The number of carbonyl (C=O) groups is 1. The third-order valence-electron chi connectivity index (χ3n) is 3.64. The second-order valence-electron chi connectivity index (χ2n) is 5.57. The van der Waals surface area contributed by atoms with Crippen molar-refractivity contribution in [3.8, 4) is 5.75 Å². The van der Waals surface area contributed by atoms with Crippen molar-refractivity contribution in [3.05, 3.63) is 54.1 Å². The fourth-order valence-electron chi connectivity index (χ4n) is 2.41. The summed E-state index contributed by atoms with van der Waals surface area (Å²) in [7, 11) is 1.63. The highest BCUT2D eigenvalue weighted by Crippen LogP contribution is 2.23. The molecule has 0 aliphatic carbocycles. The summed E-state index contributed by atoms with van der Waals surface area (Å²) in [5.41, 5.74) is 2.25. The van der Waals surface area contributed by atoms with Gasteiger partial charge in [-0.2, -0.15) is 0 Å². The Morgan fingerprint density at radius 3 is 2.71 bits per heavy atom. The molecule has 5 nitrogen and oxygen atoms in total. The maximum Gasteiger partial charge on any atom is 0.253 e. The molecule has 0 bridgehead atoms. The minimum atomic E-state index is -0.0919. The zero-order valence-corrected chi connectivity index (χ0v) is 14.4. The van der Waals surface area contributed by atoms with Crippen molar-refractivity contribution in [3.63, 3.8) is 0 Å². The number of benzene rings is 2. The van der Waals surface area contributed by atoms with Gasteiger partial charge >= 0.3 is 0 Å². The van der Waals surface area contributed by atoms with E-state index >= 15 is 0 Å². The molecular weight excluding hydrogens is 302 g/mol. The van der Waals surface area contributed by atoms with Gasteiger partial charge in [0.05, 0.1) is 18.4 Å². The van der Waals surface area contributed by atoms with Gasteiger partial charge in [-0.05, 0) is 37.7 Å². The summed E-state index contributed by atoms with van der Waals surface area (Å²) in [4.78, 5) is 12.5. The van der Waals surface area contributed by atoms with E-state index in [1.165, 1.54) is 0 Å². The Bertz CT molecular complexity index is 673. The number of para-hydroxylation sites is 1. The van der Waals surface area contributed by atoms with Crippen molar-refractivity contribution < 1.29 is 9.53 Å². The van der Waals surface area contributed by atoms with Gasteiger partial charge in [-0.25, -0.2) is 0 Å². The Labute approximate surface area is 143 Å². The van der Waals surface area contributed by atoms with Gasteiger partial charge in [-0.15, -0.1) is 0 Å². The maximum atomic E-state index is 12.5. The number of rotatable bonds is 8. The first-order chi connectivity index (χ1) is 11.6. The molecule has 0 saturated carbocycles. The molecule has 3 N–H and O–H groups in total. The van der Waals surface area contributed by atoms with Crippen LogP contribution in [0, 0.1) is 0 Å². The number of amides is 1. The fraction of sp³-hybridized carbons (Fsp3) is 0.316. The summed E-state index contributed by atoms with van der Waals surface area (Å²) in [6.45, 7) is 5.56. The summed E-state index contributed by atoms with van der Waals surface area (Å²) in [6.07, 6.45) is 0. The molecule has 0 spiro atoms. The number of anilines is 2. The first kappa shape index (κ1) is 17.8. The summed E-state index contributed by atoms with van der Waals surface area (Å²) < 4.78 is 5.23. The smallest absolute Gasteiger partial charge is 0.253 e. The van der Waals surface area contributed by atoms with Gasteiger partial charge in [0.2, 0.25) is 0 Å². The van der Waals surface area contributed by atoms with Gasteiger partial charge in [0.15, 0.2) is 0 Å². The molecule has 1 atom stereocenters. The molecule has 0 fully saturated rings. The van der Waals surface area contributed by atoms with E-state index < -0.39 is 0 Å². The normalized spacial score (nSPS) is 11.6. The summed E-state index contributed by atoms with van der Waals surface area (Å²) in [5, 5.41) is 9.53. The van der Waals surface area contributed by atoms with Crippen LogP contribution in [-0.4, -0.2) is 32.1 Å². The van der Waals surface area contributed by atoms with Crippen molar-refractivity contribution in [1.82, 2.24) is 10.6 Å². The predicted molar refractivity (Wildman–Crippen MR) is 98.2 cm³/mol. The fourth-order valence-corrected chi connectivity index (χ4v) is 2.41. The Balaban J connectivity index is 2.10. The van der Waals surface area contributed by atoms with E-state index in [1.807, 2.05) is 62.4 Å². The number of ether oxygens (including phenoxy) is 1. The lowest BCUT2D eigenvalue weighted by Crippen LogP contribution is -2.38. The van der Waals surface area contributed by atoms with Crippen LogP contribution in [0.1, 0.15) is 24.2 Å². The second kappa shape index (κ2) is 8.93. The second-order valence-corrected chi connectivity index (χ2v) is 5.57. The van der Waals surface area contributed by atoms with Crippen LogP contribution in [0.15, 0.2) is 48.5 Å². The Hall–Kier alpha value is -2.53. The van der Waals surface area contributed by atoms with Crippen LogP contribution >= 0.6 is 0 Å². The van der Waals surface area contributed by atoms with E-state index in [4.69, 9.17) is 4.74 Å². The lowest BCUT2D eigenvalue weighted by molar-refractivity contribution is 0.0951. The average molecular weight is 327 g/mol. The molecule has 5 heteroatoms. The monoisotopic (exact) mass is 327 g/mol. The van der Waals surface area contributed by atoms with E-state index in [2.05, 4.69) is 16.0 Å². The standard InChI is InChI=1S/C19H25N3O2/c1-4-20-14(2)13-21-19(23)17-10-5-6-11-18(17)22-15-8-7-9-16(12-15)24-3/h5-12,14,20,22H,4,13H2,1-3H3,(H,21,23)/t14-/m1/s1. The van der Waals surface area contributed by atoms with Crippen LogP contribution in [-0.2, 0) is 0 Å². The molecule has 0 heterocycles. The Morgan fingerprint density at radius 1 is 1.17 bits per heavy atom. The molecule has 1 amide bonds. The van der Waals surface area contributed by atoms with Crippen molar-refractivity contribution in [2.45, 2.75) is 19.9 Å². The Kier molecular flexibility index (Phi) is 6.63. The van der Waals surface area contributed by atoms with Gasteiger partial charge in [-0.3, -0.25) is 4.79 Å². The molecule has 24 heavy (non-hydrogen) atoms. The largest absolute Gasteiger partial charge is 0.497 e. The van der Waals surface area contributed by atoms with E-state index in [9.17, 15) is 4.79 Å². The van der Waals surface area contributed by atoms with Gasteiger partial charge in [0.25, 0.3) is 5.91 Å². The molecular formula is C19H25N3O2. The molecule has 0 aliphatic rings. The van der Waals surface area contributed by atoms with Crippen LogP contribution in [0.2, 0.25) is 0 Å². The molecule has 2 rings (SSSR count). The quantitative estimate of drug-likeness (QED) is 0.697. The van der Waals surface area contributed by atoms with Crippen LogP contribution in [0.5, 0.6) is 5.75 Å². The highest BCUT2D eigenvalue weighted by molar-refractivity contribution is 6.00. The first-order valence-corrected chi connectivity index (χ1v) is 8.15. The number of carbonyl (C=O) groups excluding carboxylic acids is 1. The molecule has 2 aromatic rings. The van der Waals surface area contributed by atoms with E-state index in [1.54, 1.807) is 7.11 Å². The summed E-state index contributed by atoms with van der Waals surface area (Å²) in [6, 6.07) is 15.3. The molecule has 0 aromatic heterocycles. The number of likely N-dealkylation sites (N-methyl/N-ethyl adjacent to an activating group) is 1. The minimum Gasteiger partial charge on any atom is -0.497 e. The zero-order chi connectivity index (χ0) is 17.4. The molecule has 0 radical (unpaired) electrons. The van der Waals surface area contributed by atoms with E-state index in [0.717, 1.165) is 23.7 Å². The molecule has 0 unspecified atom stereocenters. The average Bonchev–Trinajstić information content (AvgIpc) is 2.60. The molecule has 128 valence electrons. The summed E-state index contributed by atoms with van der Waals surface area (Å²) in [5.74, 6) is 0.673. The number of nitrogens with one attached hydrogen (secondary N) is 3. The van der Waals surface area contributed by atoms with Crippen LogP contribution in [0.3, 0.4) is 0 Å². The van der Waals surface area contributed by atoms with Gasteiger partial charge in [0.1, 0.15) is 5.75 Å². The third kappa shape index (κ3) is 4.99. The van der Waals surface area contributed by atoms with Crippen LogP contribution in [0.25, 0.3) is 0 Å². The van der Waals surface area contributed by atoms with Crippen LogP contribution in [0.4, 0.5) is 11.4 Å². The van der Waals surface area contributed by atoms with Crippen LogP contribution < -0.4 is 20.7 Å². The van der Waals surface area contributed by atoms with E-state index in [-0.39, 0.29) is 11.9 Å². The van der Waals surface area contributed by atoms with Crippen molar-refractivity contribution in [2.75, 3.05) is 25.5 Å². The molecule has 0 saturated heterocycles. The SMILES string of the molecule is CCN[C@H](C)CNC(=O)c1ccccc1Nc1cccc(OC)c1. The highest BCUT2D eigenvalue weighted by atomic mass is 16.5. The minimum absolute atomic E-state index is 0.0919. The van der Waals surface area contributed by atoms with Crippen molar-refractivity contribution in [2.24, 2.45) is 0 Å². The maximum absolute atomic E-state index is 12.5. The summed E-state index contributed by atoms with van der Waals surface area (Å²) >= 11 is 0. The predicted octanol–water partition coefficient (Wildman–Crippen LogP) is 3.17. The van der Waals surface area contributed by atoms with Crippen molar-refractivity contribution in [1.29, 1.82) is 0 Å². The van der Waals surface area contributed by atoms with Gasteiger partial charge < -0.3 is 20.7 Å². The van der Waals surface area contributed by atoms with Gasteiger partial charge in [-0.1, -0.05) is 25.1 Å². The van der Waals surface area contributed by atoms with E-state index in [0.29, 0.717) is 12.1 Å².